The Hall–Kier alpha value is -2.67. The zero-order valence-corrected chi connectivity index (χ0v) is 16.2. The molecule has 0 saturated carbocycles. The molecule has 0 radical (unpaired) electrons. The Bertz CT molecular complexity index is 1020. The summed E-state index contributed by atoms with van der Waals surface area (Å²) >= 11 is 0. The van der Waals surface area contributed by atoms with Gasteiger partial charge in [0.2, 0.25) is 10.0 Å². The topological polar surface area (TPSA) is 55.8 Å². The van der Waals surface area contributed by atoms with Crippen molar-refractivity contribution < 1.29 is 17.9 Å². The van der Waals surface area contributed by atoms with Crippen molar-refractivity contribution in [3.05, 3.63) is 96.1 Å². The van der Waals surface area contributed by atoms with E-state index in [1.165, 1.54) is 4.31 Å². The van der Waals surface area contributed by atoms with E-state index in [1.807, 2.05) is 54.6 Å². The van der Waals surface area contributed by atoms with E-state index < -0.39 is 22.3 Å². The predicted octanol–water partition coefficient (Wildman–Crippen LogP) is 4.16. The Balaban J connectivity index is 1.80. The molecule has 0 N–H and O–H groups in total. The molecule has 1 heterocycles. The van der Waals surface area contributed by atoms with Crippen LogP contribution in [-0.2, 0) is 14.8 Å². The van der Waals surface area contributed by atoms with Gasteiger partial charge in [-0.1, -0.05) is 60.7 Å². The van der Waals surface area contributed by atoms with Gasteiger partial charge in [0.1, 0.15) is 5.75 Å². The van der Waals surface area contributed by atoms with Crippen LogP contribution in [0, 0.1) is 0 Å². The molecule has 1 aliphatic heterocycles. The molecule has 1 aliphatic rings. The molecule has 144 valence electrons. The first-order valence-corrected chi connectivity index (χ1v) is 10.4. The van der Waals surface area contributed by atoms with Crippen molar-refractivity contribution in [3.63, 3.8) is 0 Å². The lowest BCUT2D eigenvalue weighted by molar-refractivity contribution is 0.0681. The van der Waals surface area contributed by atoms with Gasteiger partial charge < -0.3 is 9.47 Å². The molecule has 3 aromatic rings. The highest BCUT2D eigenvalue weighted by Gasteiger charge is 2.44. The largest absolute Gasteiger partial charge is 0.497 e. The molecule has 28 heavy (non-hydrogen) atoms. The number of benzene rings is 3. The normalized spacial score (nSPS) is 20.2. The zero-order chi connectivity index (χ0) is 19.6. The lowest BCUT2D eigenvalue weighted by atomic mass is 10.1. The standard InChI is InChI=1S/C22H21NO4S/c1-26-19-14-12-17(13-15-19)21-16-27-22(18-8-4-2-5-9-18)23(21)28(24,25)20-10-6-3-7-11-20/h2-15,21-22H,16H2,1H3. The third-order valence-corrected chi connectivity index (χ3v) is 6.72. The third kappa shape index (κ3) is 3.42. The molecule has 5 nitrogen and oxygen atoms in total. The first kappa shape index (κ1) is 18.7. The summed E-state index contributed by atoms with van der Waals surface area (Å²) in [7, 11) is -2.17. The van der Waals surface area contributed by atoms with Crippen molar-refractivity contribution in [2.45, 2.75) is 17.2 Å². The number of nitrogens with zero attached hydrogens (tertiary/aromatic N) is 1. The van der Waals surface area contributed by atoms with Gasteiger partial charge in [0, 0.05) is 0 Å². The fraction of sp³-hybridized carbons (Fsp3) is 0.182. The fourth-order valence-corrected chi connectivity index (χ4v) is 5.13. The lowest BCUT2D eigenvalue weighted by Crippen LogP contribution is -2.33. The summed E-state index contributed by atoms with van der Waals surface area (Å²) in [5.41, 5.74) is 1.66. The van der Waals surface area contributed by atoms with E-state index in [-0.39, 0.29) is 11.5 Å². The molecule has 0 spiro atoms. The second-order valence-electron chi connectivity index (χ2n) is 6.53. The smallest absolute Gasteiger partial charge is 0.246 e. The molecule has 0 bridgehead atoms. The molecule has 0 aromatic heterocycles. The molecule has 0 amide bonds. The van der Waals surface area contributed by atoms with E-state index in [1.54, 1.807) is 37.4 Å². The molecule has 1 saturated heterocycles. The molecule has 2 atom stereocenters. The number of hydrogen-bond acceptors (Lipinski definition) is 4. The van der Waals surface area contributed by atoms with Crippen molar-refractivity contribution >= 4 is 10.0 Å². The monoisotopic (exact) mass is 395 g/mol. The first-order chi connectivity index (χ1) is 13.6. The summed E-state index contributed by atoms with van der Waals surface area (Å²) in [6.07, 6.45) is -0.682. The van der Waals surface area contributed by atoms with Gasteiger partial charge in [-0.05, 0) is 35.4 Å². The van der Waals surface area contributed by atoms with E-state index in [0.717, 1.165) is 16.9 Å². The maximum absolute atomic E-state index is 13.5. The quantitative estimate of drug-likeness (QED) is 0.651. The predicted molar refractivity (Wildman–Crippen MR) is 106 cm³/mol. The van der Waals surface area contributed by atoms with Gasteiger partial charge in [0.15, 0.2) is 6.23 Å². The van der Waals surface area contributed by atoms with Crippen LogP contribution in [0.15, 0.2) is 89.8 Å². The highest BCUT2D eigenvalue weighted by Crippen LogP contribution is 2.43. The van der Waals surface area contributed by atoms with E-state index >= 15 is 0 Å². The van der Waals surface area contributed by atoms with E-state index in [2.05, 4.69) is 0 Å². The molecule has 4 rings (SSSR count). The summed E-state index contributed by atoms with van der Waals surface area (Å²) < 4.78 is 39.8. The number of ether oxygens (including phenoxy) is 2. The highest BCUT2D eigenvalue weighted by molar-refractivity contribution is 7.89. The summed E-state index contributed by atoms with van der Waals surface area (Å²) in [6.45, 7) is 0.276. The van der Waals surface area contributed by atoms with E-state index in [0.29, 0.717) is 0 Å². The SMILES string of the molecule is COc1ccc(C2COC(c3ccccc3)N2S(=O)(=O)c2ccccc2)cc1. The minimum atomic E-state index is -3.77. The summed E-state index contributed by atoms with van der Waals surface area (Å²) in [6, 6.07) is 24.9. The van der Waals surface area contributed by atoms with Crippen LogP contribution in [-0.4, -0.2) is 26.4 Å². The number of hydrogen-bond donors (Lipinski definition) is 0. The molecule has 6 heteroatoms. The van der Waals surface area contributed by atoms with E-state index in [4.69, 9.17) is 9.47 Å². The third-order valence-electron chi connectivity index (χ3n) is 4.85. The maximum atomic E-state index is 13.5. The average molecular weight is 395 g/mol. The minimum absolute atomic E-state index is 0.250. The van der Waals surface area contributed by atoms with Gasteiger partial charge in [-0.25, -0.2) is 8.42 Å². The Morgan fingerprint density at radius 1 is 0.857 bits per heavy atom. The fourth-order valence-electron chi connectivity index (χ4n) is 3.43. The van der Waals surface area contributed by atoms with Crippen LogP contribution in [0.2, 0.25) is 0 Å². The second-order valence-corrected chi connectivity index (χ2v) is 8.38. The maximum Gasteiger partial charge on any atom is 0.246 e. The van der Waals surface area contributed by atoms with Gasteiger partial charge in [-0.2, -0.15) is 4.31 Å². The van der Waals surface area contributed by atoms with Gasteiger partial charge in [-0.3, -0.25) is 0 Å². The second kappa shape index (κ2) is 7.75. The average Bonchev–Trinajstić information content (AvgIpc) is 3.21. The van der Waals surface area contributed by atoms with Gasteiger partial charge in [0.05, 0.1) is 24.7 Å². The molecular weight excluding hydrogens is 374 g/mol. The van der Waals surface area contributed by atoms with E-state index in [9.17, 15) is 8.42 Å². The van der Waals surface area contributed by atoms with Crippen molar-refractivity contribution in [1.82, 2.24) is 4.31 Å². The number of sulfonamides is 1. The van der Waals surface area contributed by atoms with Crippen LogP contribution in [0.5, 0.6) is 5.75 Å². The lowest BCUT2D eigenvalue weighted by Gasteiger charge is -2.28. The highest BCUT2D eigenvalue weighted by atomic mass is 32.2. The zero-order valence-electron chi connectivity index (χ0n) is 15.4. The summed E-state index contributed by atoms with van der Waals surface area (Å²) in [5, 5.41) is 0. The van der Waals surface area contributed by atoms with Crippen LogP contribution >= 0.6 is 0 Å². The first-order valence-electron chi connectivity index (χ1n) is 9.00. The number of rotatable bonds is 5. The summed E-state index contributed by atoms with van der Waals surface area (Å²) in [5.74, 6) is 0.722. The van der Waals surface area contributed by atoms with Crippen LogP contribution in [0.25, 0.3) is 0 Å². The molecule has 3 aromatic carbocycles. The molecule has 0 aliphatic carbocycles. The van der Waals surface area contributed by atoms with Crippen LogP contribution in [0.4, 0.5) is 0 Å². The van der Waals surface area contributed by atoms with Crippen molar-refractivity contribution in [3.8, 4) is 5.75 Å². The van der Waals surface area contributed by atoms with Crippen molar-refractivity contribution in [2.24, 2.45) is 0 Å². The molecule has 2 unspecified atom stereocenters. The Labute approximate surface area is 165 Å². The molecule has 1 fully saturated rings. The van der Waals surface area contributed by atoms with Crippen LogP contribution in [0.3, 0.4) is 0 Å². The van der Waals surface area contributed by atoms with Crippen LogP contribution in [0.1, 0.15) is 23.4 Å². The molecular formula is C22H21NO4S. The Kier molecular flexibility index (Phi) is 5.17. The van der Waals surface area contributed by atoms with Crippen molar-refractivity contribution in [2.75, 3.05) is 13.7 Å². The van der Waals surface area contributed by atoms with Gasteiger partial charge in [-0.15, -0.1) is 0 Å². The van der Waals surface area contributed by atoms with Gasteiger partial charge in [0.25, 0.3) is 0 Å². The summed E-state index contributed by atoms with van der Waals surface area (Å²) in [4.78, 5) is 0.250. The Morgan fingerprint density at radius 2 is 1.46 bits per heavy atom. The van der Waals surface area contributed by atoms with Crippen molar-refractivity contribution in [1.29, 1.82) is 0 Å². The Morgan fingerprint density at radius 3 is 2.07 bits per heavy atom. The van der Waals surface area contributed by atoms with Gasteiger partial charge >= 0.3 is 0 Å². The number of methoxy groups -OCH3 is 1. The minimum Gasteiger partial charge on any atom is -0.497 e. The van der Waals surface area contributed by atoms with Crippen LogP contribution < -0.4 is 4.74 Å².